The van der Waals surface area contributed by atoms with Crippen LogP contribution in [0.5, 0.6) is 0 Å². The van der Waals surface area contributed by atoms with Crippen LogP contribution in [0.2, 0.25) is 5.02 Å². The van der Waals surface area contributed by atoms with Crippen LogP contribution in [0.25, 0.3) is 16.9 Å². The van der Waals surface area contributed by atoms with E-state index in [4.69, 9.17) is 21.0 Å². The minimum Gasteiger partial charge on any atom is -0.468 e. The van der Waals surface area contributed by atoms with Gasteiger partial charge < -0.3 is 9.73 Å². The van der Waals surface area contributed by atoms with Crippen molar-refractivity contribution in [2.45, 2.75) is 25.4 Å². The van der Waals surface area contributed by atoms with Crippen LogP contribution in [0.1, 0.15) is 18.6 Å². The van der Waals surface area contributed by atoms with Crippen molar-refractivity contribution in [3.05, 3.63) is 70.2 Å². The normalized spacial score (nSPS) is 15.7. The van der Waals surface area contributed by atoms with Crippen molar-refractivity contribution in [2.24, 2.45) is 0 Å². The highest BCUT2D eigenvalue weighted by Gasteiger charge is 2.22. The summed E-state index contributed by atoms with van der Waals surface area (Å²) in [5.41, 5.74) is 2.50. The van der Waals surface area contributed by atoms with Crippen molar-refractivity contribution < 1.29 is 4.42 Å². The number of benzene rings is 1. The zero-order valence-electron chi connectivity index (χ0n) is 16.3. The third-order valence-electron chi connectivity index (χ3n) is 5.48. The van der Waals surface area contributed by atoms with Gasteiger partial charge in [0.25, 0.3) is 0 Å². The minimum atomic E-state index is 0.366. The molecule has 4 heterocycles. The number of rotatable bonds is 5. The van der Waals surface area contributed by atoms with Gasteiger partial charge in [-0.1, -0.05) is 29.8 Å². The lowest BCUT2D eigenvalue weighted by molar-refractivity contribution is 0.196. The maximum absolute atomic E-state index is 6.43. The fourth-order valence-corrected chi connectivity index (χ4v) is 4.49. The number of nitrogens with zero attached hydrogens (tertiary/aromatic N) is 4. The summed E-state index contributed by atoms with van der Waals surface area (Å²) in [7, 11) is 0. The van der Waals surface area contributed by atoms with Crippen LogP contribution in [-0.4, -0.2) is 38.6 Å². The molecular weight excluding hydrogens is 466 g/mol. The number of halogens is 2. The maximum Gasteiger partial charge on any atom is 0.172 e. The van der Waals surface area contributed by atoms with E-state index in [1.54, 1.807) is 12.5 Å². The number of aromatic nitrogens is 3. The Kier molecular flexibility index (Phi) is 5.50. The van der Waals surface area contributed by atoms with Gasteiger partial charge in [0.1, 0.15) is 11.6 Å². The highest BCUT2D eigenvalue weighted by atomic mass is 79.9. The van der Waals surface area contributed by atoms with E-state index in [1.807, 2.05) is 47.0 Å². The molecule has 1 aliphatic heterocycles. The molecule has 0 radical (unpaired) electrons. The monoisotopic (exact) mass is 485 g/mol. The molecule has 0 spiro atoms. The molecule has 154 valence electrons. The Morgan fingerprint density at radius 3 is 2.77 bits per heavy atom. The number of piperidine rings is 1. The third-order valence-corrected chi connectivity index (χ3v) is 6.37. The molecule has 1 saturated heterocycles. The van der Waals surface area contributed by atoms with Crippen LogP contribution in [0.15, 0.2) is 63.8 Å². The Labute approximate surface area is 188 Å². The van der Waals surface area contributed by atoms with E-state index in [2.05, 4.69) is 31.2 Å². The van der Waals surface area contributed by atoms with Gasteiger partial charge >= 0.3 is 0 Å². The lowest BCUT2D eigenvalue weighted by Gasteiger charge is -2.32. The number of hydrogen-bond acceptors (Lipinski definition) is 5. The number of furan rings is 1. The molecule has 30 heavy (non-hydrogen) atoms. The summed E-state index contributed by atoms with van der Waals surface area (Å²) >= 11 is 10.00. The molecule has 6 nitrogen and oxygen atoms in total. The Morgan fingerprint density at radius 1 is 1.17 bits per heavy atom. The summed E-state index contributed by atoms with van der Waals surface area (Å²) in [6.07, 6.45) is 5.61. The SMILES string of the molecule is Clc1ccccc1-c1cc(NC2CCN(Cc3ccco3)CC2)n2ncc(Br)c2n1. The first-order valence-corrected chi connectivity index (χ1v) is 11.1. The second kappa shape index (κ2) is 8.41. The maximum atomic E-state index is 6.43. The zero-order valence-corrected chi connectivity index (χ0v) is 18.6. The quantitative estimate of drug-likeness (QED) is 0.405. The predicted molar refractivity (Wildman–Crippen MR) is 122 cm³/mol. The third kappa shape index (κ3) is 3.97. The predicted octanol–water partition coefficient (Wildman–Crippen LogP) is 5.48. The summed E-state index contributed by atoms with van der Waals surface area (Å²) in [5.74, 6) is 1.94. The van der Waals surface area contributed by atoms with Crippen molar-refractivity contribution in [1.82, 2.24) is 19.5 Å². The zero-order chi connectivity index (χ0) is 20.5. The number of fused-ring (bicyclic) bond motifs is 1. The van der Waals surface area contributed by atoms with Crippen LogP contribution in [0.4, 0.5) is 5.82 Å². The van der Waals surface area contributed by atoms with Gasteiger partial charge in [-0.2, -0.15) is 9.61 Å². The Bertz CT molecular complexity index is 1150. The van der Waals surface area contributed by atoms with Crippen molar-refractivity contribution in [3.63, 3.8) is 0 Å². The van der Waals surface area contributed by atoms with Crippen LogP contribution in [0, 0.1) is 0 Å². The highest BCUT2D eigenvalue weighted by Crippen LogP contribution is 2.31. The number of likely N-dealkylation sites (tertiary alicyclic amines) is 1. The van der Waals surface area contributed by atoms with Crippen LogP contribution < -0.4 is 5.32 Å². The second-order valence-electron chi connectivity index (χ2n) is 7.51. The Hall–Kier alpha value is -2.35. The second-order valence-corrected chi connectivity index (χ2v) is 8.77. The lowest BCUT2D eigenvalue weighted by Crippen LogP contribution is -2.38. The summed E-state index contributed by atoms with van der Waals surface area (Å²) in [4.78, 5) is 7.21. The van der Waals surface area contributed by atoms with Crippen LogP contribution in [-0.2, 0) is 6.54 Å². The largest absolute Gasteiger partial charge is 0.468 e. The molecule has 1 fully saturated rings. The van der Waals surface area contributed by atoms with Crippen molar-refractivity contribution in [3.8, 4) is 11.3 Å². The van der Waals surface area contributed by atoms with Crippen molar-refractivity contribution >= 4 is 39.0 Å². The van der Waals surface area contributed by atoms with Gasteiger partial charge in [-0.15, -0.1) is 0 Å². The average Bonchev–Trinajstić information content (AvgIpc) is 3.40. The molecule has 1 aromatic carbocycles. The molecule has 4 aromatic rings. The lowest BCUT2D eigenvalue weighted by atomic mass is 10.0. The first-order chi connectivity index (χ1) is 14.7. The minimum absolute atomic E-state index is 0.366. The van der Waals surface area contributed by atoms with Gasteiger partial charge in [-0.3, -0.25) is 4.90 Å². The molecule has 1 aliphatic rings. The fourth-order valence-electron chi connectivity index (χ4n) is 3.91. The summed E-state index contributed by atoms with van der Waals surface area (Å²) in [5, 5.41) is 8.87. The molecule has 0 aliphatic carbocycles. The molecule has 8 heteroatoms. The van der Waals surface area contributed by atoms with Gasteiger partial charge in [0.05, 0.1) is 29.2 Å². The van der Waals surface area contributed by atoms with Gasteiger partial charge in [-0.05, 0) is 47.0 Å². The van der Waals surface area contributed by atoms with Gasteiger partial charge in [0.2, 0.25) is 0 Å². The Morgan fingerprint density at radius 2 is 2.00 bits per heavy atom. The van der Waals surface area contributed by atoms with E-state index in [0.29, 0.717) is 11.1 Å². The van der Waals surface area contributed by atoms with Crippen molar-refractivity contribution in [2.75, 3.05) is 18.4 Å². The summed E-state index contributed by atoms with van der Waals surface area (Å²) in [6.45, 7) is 2.90. The van der Waals surface area contributed by atoms with E-state index < -0.39 is 0 Å². The number of anilines is 1. The number of nitrogens with one attached hydrogen (secondary N) is 1. The summed E-state index contributed by atoms with van der Waals surface area (Å²) in [6, 6.07) is 14.1. The average molecular weight is 487 g/mol. The Balaban J connectivity index is 1.37. The molecule has 5 rings (SSSR count). The first-order valence-electron chi connectivity index (χ1n) is 9.98. The topological polar surface area (TPSA) is 58.6 Å². The van der Waals surface area contributed by atoms with Gasteiger partial charge in [0, 0.05) is 35.8 Å². The molecule has 1 N–H and O–H groups in total. The summed E-state index contributed by atoms with van der Waals surface area (Å²) < 4.78 is 8.18. The molecular formula is C22H21BrClN5O. The van der Waals surface area contributed by atoms with Gasteiger partial charge in [-0.25, -0.2) is 4.98 Å². The van der Waals surface area contributed by atoms with E-state index in [9.17, 15) is 0 Å². The van der Waals surface area contributed by atoms with Gasteiger partial charge in [0.15, 0.2) is 5.65 Å². The number of hydrogen-bond donors (Lipinski definition) is 1. The molecule has 0 amide bonds. The van der Waals surface area contributed by atoms with Crippen LogP contribution >= 0.6 is 27.5 Å². The molecule has 3 aromatic heterocycles. The fraction of sp³-hybridized carbons (Fsp3) is 0.273. The highest BCUT2D eigenvalue weighted by molar-refractivity contribution is 9.10. The van der Waals surface area contributed by atoms with E-state index >= 15 is 0 Å². The molecule has 0 bridgehead atoms. The van der Waals surface area contributed by atoms with E-state index in [1.165, 1.54) is 0 Å². The molecule has 0 atom stereocenters. The first kappa shape index (κ1) is 19.6. The van der Waals surface area contributed by atoms with E-state index in [0.717, 1.165) is 65.4 Å². The standard InChI is InChI=1S/C22H21BrClN5O/c23-18-13-25-29-21(12-20(27-22(18)29)17-5-1-2-6-19(17)24)26-15-7-9-28(10-8-15)14-16-4-3-11-30-16/h1-6,11-13,15,26H,7-10,14H2. The van der Waals surface area contributed by atoms with Crippen LogP contribution in [0.3, 0.4) is 0 Å². The molecule has 0 unspecified atom stereocenters. The molecule has 0 saturated carbocycles. The van der Waals surface area contributed by atoms with E-state index in [-0.39, 0.29) is 0 Å². The smallest absolute Gasteiger partial charge is 0.172 e. The van der Waals surface area contributed by atoms with Crippen molar-refractivity contribution in [1.29, 1.82) is 0 Å².